The predicted molar refractivity (Wildman–Crippen MR) is 178 cm³/mol. The molecule has 1 heterocycles. The third-order valence-electron chi connectivity index (χ3n) is 7.56. The second-order valence-electron chi connectivity index (χ2n) is 10.1. The molecule has 1 aromatic heterocycles. The Bertz CT molecular complexity index is 1150. The molecule has 0 saturated carbocycles. The van der Waals surface area contributed by atoms with Gasteiger partial charge in [0.2, 0.25) is 0 Å². The number of ether oxygens (including phenoxy) is 2. The molecule has 0 radical (unpaired) electrons. The Morgan fingerprint density at radius 2 is 1.80 bits per heavy atom. The number of nitrogens with two attached hydrogens (primary N) is 1. The molecule has 3 aromatic rings. The number of hydrogen-bond acceptors (Lipinski definition) is 7. The number of nitrogen functional groups attached to an aromatic ring is 1. The average Bonchev–Trinajstić information content (AvgIpc) is 3.29. The Kier molecular flexibility index (Phi) is 17.2. The van der Waals surface area contributed by atoms with Gasteiger partial charge in [-0.05, 0) is 100 Å². The molecular weight excluding hydrogens is 587 g/mol. The van der Waals surface area contributed by atoms with E-state index in [1.165, 1.54) is 73.0 Å². The second kappa shape index (κ2) is 18.9. The van der Waals surface area contributed by atoms with E-state index in [1.807, 2.05) is 0 Å². The summed E-state index contributed by atoms with van der Waals surface area (Å²) in [4.78, 5) is 7.08. The number of nitrogens with one attached hydrogen (secondary N) is 1. The Morgan fingerprint density at radius 3 is 2.55 bits per heavy atom. The van der Waals surface area contributed by atoms with Gasteiger partial charge >= 0.3 is 0 Å². The lowest BCUT2D eigenvalue weighted by Gasteiger charge is -2.36. The van der Waals surface area contributed by atoms with Crippen molar-refractivity contribution in [2.45, 2.75) is 70.8 Å². The van der Waals surface area contributed by atoms with Gasteiger partial charge in [-0.1, -0.05) is 43.2 Å². The van der Waals surface area contributed by atoms with Gasteiger partial charge in [-0.15, -0.1) is 37.2 Å². The highest BCUT2D eigenvalue weighted by Gasteiger charge is 2.27. The molecule has 6 nitrogen and oxygen atoms in total. The number of fused-ring (bicyclic) bond motifs is 2. The Hall–Kier alpha value is -1.48. The SMILES string of the molecule is CCCN(CCCCCCNCCc1ccc2nc(N)sc2c1)C1CCc2c(ccc(OC)c2OC)C1.Cl.Cl.Cl. The molecule has 0 fully saturated rings. The quantitative estimate of drug-likeness (QED) is 0.174. The molecule has 2 aromatic carbocycles. The number of anilines is 1. The first-order valence-corrected chi connectivity index (χ1v) is 14.8. The highest BCUT2D eigenvalue weighted by atomic mass is 35.5. The molecule has 0 bridgehead atoms. The van der Waals surface area contributed by atoms with E-state index in [4.69, 9.17) is 15.2 Å². The molecule has 4 rings (SSSR count). The second-order valence-corrected chi connectivity index (χ2v) is 11.2. The van der Waals surface area contributed by atoms with Gasteiger partial charge in [0.1, 0.15) is 0 Å². The van der Waals surface area contributed by atoms with Gasteiger partial charge in [0, 0.05) is 11.6 Å². The Labute approximate surface area is 263 Å². The van der Waals surface area contributed by atoms with Crippen LogP contribution in [0.2, 0.25) is 0 Å². The van der Waals surface area contributed by atoms with Crippen LogP contribution in [0.1, 0.15) is 62.1 Å². The minimum Gasteiger partial charge on any atom is -0.493 e. The molecule has 0 saturated heterocycles. The summed E-state index contributed by atoms with van der Waals surface area (Å²) in [7, 11) is 3.47. The maximum atomic E-state index is 5.82. The van der Waals surface area contributed by atoms with Crippen molar-refractivity contribution in [2.24, 2.45) is 0 Å². The first-order chi connectivity index (χ1) is 18.1. The van der Waals surface area contributed by atoms with Crippen molar-refractivity contribution >= 4 is 63.9 Å². The summed E-state index contributed by atoms with van der Waals surface area (Å²) in [5.74, 6) is 1.78. The van der Waals surface area contributed by atoms with E-state index < -0.39 is 0 Å². The first kappa shape index (κ1) is 36.5. The summed E-state index contributed by atoms with van der Waals surface area (Å²) in [6, 6.07) is 11.4. The van der Waals surface area contributed by atoms with Gasteiger partial charge in [-0.25, -0.2) is 4.98 Å². The summed E-state index contributed by atoms with van der Waals surface area (Å²) in [5, 5.41) is 4.27. The smallest absolute Gasteiger partial charge is 0.181 e. The van der Waals surface area contributed by atoms with Crippen molar-refractivity contribution in [3.8, 4) is 11.5 Å². The molecule has 1 unspecified atom stereocenters. The number of unbranched alkanes of at least 4 members (excludes halogenated alkanes) is 3. The largest absolute Gasteiger partial charge is 0.493 e. The van der Waals surface area contributed by atoms with Gasteiger partial charge in [0.05, 0.1) is 24.4 Å². The lowest BCUT2D eigenvalue weighted by molar-refractivity contribution is 0.175. The fourth-order valence-corrected chi connectivity index (χ4v) is 6.46. The zero-order valence-electron chi connectivity index (χ0n) is 24.1. The van der Waals surface area contributed by atoms with Gasteiger partial charge in [0.15, 0.2) is 16.6 Å². The topological polar surface area (TPSA) is 72.6 Å². The van der Waals surface area contributed by atoms with E-state index in [-0.39, 0.29) is 37.2 Å². The molecule has 3 N–H and O–H groups in total. The summed E-state index contributed by atoms with van der Waals surface area (Å²) in [6.45, 7) is 6.81. The molecule has 0 aliphatic heterocycles. The minimum atomic E-state index is 0. The molecule has 40 heavy (non-hydrogen) atoms. The molecule has 1 aliphatic rings. The van der Waals surface area contributed by atoms with Crippen LogP contribution in [0.5, 0.6) is 11.5 Å². The average molecular weight is 634 g/mol. The summed E-state index contributed by atoms with van der Waals surface area (Å²) < 4.78 is 12.4. The maximum Gasteiger partial charge on any atom is 0.181 e. The van der Waals surface area contributed by atoms with E-state index in [1.54, 1.807) is 25.6 Å². The van der Waals surface area contributed by atoms with Crippen LogP contribution in [0.3, 0.4) is 0 Å². The van der Waals surface area contributed by atoms with E-state index in [9.17, 15) is 0 Å². The minimum absolute atomic E-state index is 0. The fraction of sp³-hybridized carbons (Fsp3) is 0.567. The molecule has 0 spiro atoms. The number of rotatable bonds is 15. The van der Waals surface area contributed by atoms with E-state index in [0.29, 0.717) is 11.2 Å². The number of methoxy groups -OCH3 is 2. The molecule has 10 heteroatoms. The van der Waals surface area contributed by atoms with Crippen LogP contribution in [0, 0.1) is 0 Å². The highest BCUT2D eigenvalue weighted by Crippen LogP contribution is 2.38. The van der Waals surface area contributed by atoms with Crippen LogP contribution in [0.15, 0.2) is 30.3 Å². The van der Waals surface area contributed by atoms with Crippen LogP contribution in [0.4, 0.5) is 5.13 Å². The van der Waals surface area contributed by atoms with Gasteiger partial charge in [-0.2, -0.15) is 0 Å². The van der Waals surface area contributed by atoms with Gasteiger partial charge < -0.3 is 25.4 Å². The van der Waals surface area contributed by atoms with Crippen molar-refractivity contribution in [3.05, 3.63) is 47.0 Å². The number of thiazole rings is 1. The highest BCUT2D eigenvalue weighted by molar-refractivity contribution is 7.22. The maximum absolute atomic E-state index is 5.82. The predicted octanol–water partition coefficient (Wildman–Crippen LogP) is 7.12. The third kappa shape index (κ3) is 9.81. The summed E-state index contributed by atoms with van der Waals surface area (Å²) >= 11 is 1.57. The Morgan fingerprint density at radius 1 is 1.00 bits per heavy atom. The monoisotopic (exact) mass is 632 g/mol. The van der Waals surface area contributed by atoms with Crippen molar-refractivity contribution < 1.29 is 9.47 Å². The molecule has 226 valence electrons. The van der Waals surface area contributed by atoms with Crippen LogP contribution in [0.25, 0.3) is 10.2 Å². The van der Waals surface area contributed by atoms with Crippen LogP contribution >= 0.6 is 48.6 Å². The Balaban J connectivity index is 0.00000267. The van der Waals surface area contributed by atoms with Crippen molar-refractivity contribution in [2.75, 3.05) is 46.1 Å². The standard InChI is InChI=1S/C30H44N4O2S.3ClH/c1-4-18-34(24-11-12-25-23(21-24)10-14-27(35-2)29(25)36-3)19-8-6-5-7-16-32-17-15-22-9-13-26-28(20-22)37-30(31)33-26;;;/h9-10,13-14,20,24,32H,4-8,11-12,15-19,21H2,1-3H3,(H2,31,33);3*1H. The summed E-state index contributed by atoms with van der Waals surface area (Å²) in [6.07, 6.45) is 10.8. The molecular formula is C30H47Cl3N4O2S. The lowest BCUT2D eigenvalue weighted by Crippen LogP contribution is -2.40. The van der Waals surface area contributed by atoms with E-state index >= 15 is 0 Å². The number of benzene rings is 2. The number of halogens is 3. The van der Waals surface area contributed by atoms with Crippen LogP contribution in [-0.2, 0) is 19.3 Å². The van der Waals surface area contributed by atoms with Crippen LogP contribution < -0.4 is 20.5 Å². The van der Waals surface area contributed by atoms with Crippen molar-refractivity contribution in [3.63, 3.8) is 0 Å². The molecule has 1 aliphatic carbocycles. The first-order valence-electron chi connectivity index (χ1n) is 13.9. The van der Waals surface area contributed by atoms with Crippen LogP contribution in [-0.4, -0.2) is 56.3 Å². The number of hydrogen-bond donors (Lipinski definition) is 2. The number of aromatic nitrogens is 1. The summed E-state index contributed by atoms with van der Waals surface area (Å²) in [5.41, 5.74) is 10.9. The lowest BCUT2D eigenvalue weighted by atomic mass is 9.86. The van der Waals surface area contributed by atoms with E-state index in [0.717, 1.165) is 49.4 Å². The zero-order chi connectivity index (χ0) is 26.0. The molecule has 0 amide bonds. The zero-order valence-corrected chi connectivity index (χ0v) is 27.3. The van der Waals surface area contributed by atoms with Gasteiger partial charge in [0.25, 0.3) is 0 Å². The fourth-order valence-electron chi connectivity index (χ4n) is 5.66. The van der Waals surface area contributed by atoms with E-state index in [2.05, 4.69) is 52.5 Å². The van der Waals surface area contributed by atoms with Crippen molar-refractivity contribution in [1.82, 2.24) is 15.2 Å². The molecule has 1 atom stereocenters. The van der Waals surface area contributed by atoms with Crippen molar-refractivity contribution in [1.29, 1.82) is 0 Å². The number of nitrogens with zero attached hydrogens (tertiary/aromatic N) is 2. The third-order valence-corrected chi connectivity index (χ3v) is 8.41. The van der Waals surface area contributed by atoms with Gasteiger partial charge in [-0.3, -0.25) is 0 Å². The normalized spacial score (nSPS) is 14.2.